The normalized spacial score (nSPS) is 16.3. The van der Waals surface area contributed by atoms with Gasteiger partial charge in [-0.1, -0.05) is 18.2 Å². The lowest BCUT2D eigenvalue weighted by atomic mass is 9.90. The van der Waals surface area contributed by atoms with Gasteiger partial charge in [0.05, 0.1) is 18.9 Å². The van der Waals surface area contributed by atoms with Gasteiger partial charge in [-0.05, 0) is 25.0 Å². The molecule has 1 heterocycles. The number of allylic oxidation sites excluding steroid dienone is 1. The van der Waals surface area contributed by atoms with Gasteiger partial charge in [0.1, 0.15) is 5.75 Å². The second-order valence-corrected chi connectivity index (χ2v) is 4.87. The fourth-order valence-electron chi connectivity index (χ4n) is 2.60. The van der Waals surface area contributed by atoms with E-state index in [0.717, 1.165) is 41.0 Å². The first kappa shape index (κ1) is 12.7. The second-order valence-electron chi connectivity index (χ2n) is 4.87. The Labute approximate surface area is 117 Å². The summed E-state index contributed by atoms with van der Waals surface area (Å²) in [6, 6.07) is 7.72. The van der Waals surface area contributed by atoms with Crippen molar-refractivity contribution in [3.05, 3.63) is 52.9 Å². The zero-order chi connectivity index (χ0) is 14.1. The molecule has 0 saturated carbocycles. The molecule has 0 radical (unpaired) electrons. The largest absolute Gasteiger partial charge is 0.496 e. The third-order valence-corrected chi connectivity index (χ3v) is 3.70. The van der Waals surface area contributed by atoms with Crippen LogP contribution in [0.15, 0.2) is 36.0 Å². The molecule has 4 heteroatoms. The topological polar surface area (TPSA) is 44.1 Å². The predicted octanol–water partition coefficient (Wildman–Crippen LogP) is 2.64. The number of Topliss-reactive ketones (excluding diaryl/α,β-unsaturated/α-hetero) is 1. The molecule has 4 nitrogen and oxygen atoms in total. The highest BCUT2D eigenvalue weighted by molar-refractivity contribution is 6.13. The van der Waals surface area contributed by atoms with Crippen LogP contribution >= 0.6 is 0 Å². The van der Waals surface area contributed by atoms with Crippen molar-refractivity contribution in [1.82, 2.24) is 9.78 Å². The molecule has 0 amide bonds. The minimum Gasteiger partial charge on any atom is -0.496 e. The molecule has 1 aliphatic carbocycles. The van der Waals surface area contributed by atoms with Crippen LogP contribution in [-0.4, -0.2) is 22.7 Å². The molecule has 0 atom stereocenters. The lowest BCUT2D eigenvalue weighted by molar-refractivity contribution is 0.102. The highest BCUT2D eigenvalue weighted by Crippen LogP contribution is 2.28. The Morgan fingerprint density at radius 3 is 2.90 bits per heavy atom. The van der Waals surface area contributed by atoms with E-state index in [1.54, 1.807) is 18.0 Å². The van der Waals surface area contributed by atoms with Crippen LogP contribution in [0.4, 0.5) is 0 Å². The van der Waals surface area contributed by atoms with Crippen molar-refractivity contribution in [2.75, 3.05) is 7.11 Å². The molecule has 0 fully saturated rings. The zero-order valence-electron chi connectivity index (χ0n) is 11.6. The SMILES string of the molecule is COc1ccccc1C=C1CCc2c(cnn2C)C1=O. The molecule has 0 bridgehead atoms. The van der Waals surface area contributed by atoms with Crippen LogP contribution < -0.4 is 4.74 Å². The molecule has 0 N–H and O–H groups in total. The van der Waals surface area contributed by atoms with E-state index < -0.39 is 0 Å². The average molecular weight is 268 g/mol. The summed E-state index contributed by atoms with van der Waals surface area (Å²) in [6.45, 7) is 0. The molecular formula is C16H16N2O2. The number of rotatable bonds is 2. The Kier molecular flexibility index (Phi) is 3.14. The van der Waals surface area contributed by atoms with E-state index in [0.29, 0.717) is 0 Å². The minimum absolute atomic E-state index is 0.0743. The Morgan fingerprint density at radius 1 is 1.30 bits per heavy atom. The number of para-hydroxylation sites is 1. The number of nitrogens with zero attached hydrogens (tertiary/aromatic N) is 2. The van der Waals surface area contributed by atoms with Crippen molar-refractivity contribution in [2.24, 2.45) is 7.05 Å². The van der Waals surface area contributed by atoms with Gasteiger partial charge in [0.15, 0.2) is 5.78 Å². The van der Waals surface area contributed by atoms with Gasteiger partial charge in [-0.15, -0.1) is 0 Å². The van der Waals surface area contributed by atoms with Gasteiger partial charge in [0.25, 0.3) is 0 Å². The third-order valence-electron chi connectivity index (χ3n) is 3.70. The molecule has 1 aromatic heterocycles. The Bertz CT molecular complexity index is 698. The first-order valence-corrected chi connectivity index (χ1v) is 6.60. The number of benzene rings is 1. The number of fused-ring (bicyclic) bond motifs is 1. The van der Waals surface area contributed by atoms with E-state index >= 15 is 0 Å². The standard InChI is InChI=1S/C16H16N2O2/c1-18-14-8-7-12(16(19)13(14)10-17-18)9-11-5-3-4-6-15(11)20-2/h3-6,9-10H,7-8H2,1-2H3. The van der Waals surface area contributed by atoms with Crippen LogP contribution in [0.25, 0.3) is 6.08 Å². The molecule has 0 spiro atoms. The van der Waals surface area contributed by atoms with Crippen LogP contribution in [0.3, 0.4) is 0 Å². The number of ether oxygens (including phenoxy) is 1. The molecule has 0 saturated heterocycles. The van der Waals surface area contributed by atoms with Crippen molar-refractivity contribution in [1.29, 1.82) is 0 Å². The minimum atomic E-state index is 0.0743. The second kappa shape index (κ2) is 4.96. The first-order chi connectivity index (χ1) is 9.70. The highest BCUT2D eigenvalue weighted by Gasteiger charge is 2.25. The van der Waals surface area contributed by atoms with Gasteiger partial charge < -0.3 is 4.74 Å². The lowest BCUT2D eigenvalue weighted by Crippen LogP contribution is -2.15. The van der Waals surface area contributed by atoms with Gasteiger partial charge in [-0.3, -0.25) is 9.48 Å². The van der Waals surface area contributed by atoms with E-state index in [-0.39, 0.29) is 5.78 Å². The predicted molar refractivity (Wildman–Crippen MR) is 76.8 cm³/mol. The number of carbonyl (C=O) groups excluding carboxylic acids is 1. The average Bonchev–Trinajstić information content (AvgIpc) is 2.85. The first-order valence-electron chi connectivity index (χ1n) is 6.60. The van der Waals surface area contributed by atoms with Gasteiger partial charge in [-0.2, -0.15) is 5.10 Å². The van der Waals surface area contributed by atoms with Crippen molar-refractivity contribution >= 4 is 11.9 Å². The van der Waals surface area contributed by atoms with Gasteiger partial charge in [-0.25, -0.2) is 0 Å². The maximum absolute atomic E-state index is 12.5. The van der Waals surface area contributed by atoms with E-state index in [1.807, 2.05) is 37.4 Å². The third kappa shape index (κ3) is 2.03. The number of aryl methyl sites for hydroxylation is 1. The Morgan fingerprint density at radius 2 is 2.10 bits per heavy atom. The quantitative estimate of drug-likeness (QED) is 0.786. The fraction of sp³-hybridized carbons (Fsp3) is 0.250. The summed E-state index contributed by atoms with van der Waals surface area (Å²) in [7, 11) is 3.51. The van der Waals surface area contributed by atoms with Crippen molar-refractivity contribution in [3.8, 4) is 5.75 Å². The monoisotopic (exact) mass is 268 g/mol. The van der Waals surface area contributed by atoms with Gasteiger partial charge in [0.2, 0.25) is 0 Å². The van der Waals surface area contributed by atoms with E-state index in [9.17, 15) is 4.79 Å². The van der Waals surface area contributed by atoms with Crippen LogP contribution in [0.2, 0.25) is 0 Å². The maximum atomic E-state index is 12.5. The molecule has 20 heavy (non-hydrogen) atoms. The number of methoxy groups -OCH3 is 1. The number of hydrogen-bond acceptors (Lipinski definition) is 3. The molecule has 0 unspecified atom stereocenters. The molecule has 1 aliphatic rings. The summed E-state index contributed by atoms with van der Waals surface area (Å²) >= 11 is 0. The van der Waals surface area contributed by atoms with Crippen molar-refractivity contribution in [3.63, 3.8) is 0 Å². The van der Waals surface area contributed by atoms with Crippen LogP contribution in [0.5, 0.6) is 5.75 Å². The zero-order valence-corrected chi connectivity index (χ0v) is 11.6. The van der Waals surface area contributed by atoms with Crippen molar-refractivity contribution in [2.45, 2.75) is 12.8 Å². The Balaban J connectivity index is 2.00. The van der Waals surface area contributed by atoms with E-state index in [1.165, 1.54) is 0 Å². The summed E-state index contributed by atoms with van der Waals surface area (Å²) in [4.78, 5) is 12.5. The number of aromatic nitrogens is 2. The summed E-state index contributed by atoms with van der Waals surface area (Å²) in [5, 5.41) is 4.17. The molecular weight excluding hydrogens is 252 g/mol. The lowest BCUT2D eigenvalue weighted by Gasteiger charge is -2.15. The highest BCUT2D eigenvalue weighted by atomic mass is 16.5. The van der Waals surface area contributed by atoms with E-state index in [2.05, 4.69) is 5.10 Å². The molecule has 3 rings (SSSR count). The van der Waals surface area contributed by atoms with Gasteiger partial charge in [0, 0.05) is 23.9 Å². The summed E-state index contributed by atoms with van der Waals surface area (Å²) in [5.41, 5.74) is 3.49. The number of carbonyl (C=O) groups is 1. The number of ketones is 1. The van der Waals surface area contributed by atoms with Crippen LogP contribution in [0.1, 0.15) is 28.0 Å². The molecule has 102 valence electrons. The molecule has 0 aliphatic heterocycles. The molecule has 2 aromatic rings. The molecule has 1 aromatic carbocycles. The van der Waals surface area contributed by atoms with Crippen molar-refractivity contribution < 1.29 is 9.53 Å². The smallest absolute Gasteiger partial charge is 0.192 e. The van der Waals surface area contributed by atoms with Crippen LogP contribution in [-0.2, 0) is 13.5 Å². The maximum Gasteiger partial charge on any atom is 0.192 e. The number of hydrogen-bond donors (Lipinski definition) is 0. The van der Waals surface area contributed by atoms with E-state index in [4.69, 9.17) is 4.74 Å². The summed E-state index contributed by atoms with van der Waals surface area (Å²) in [5.74, 6) is 0.857. The Hall–Kier alpha value is -2.36. The van der Waals surface area contributed by atoms with Gasteiger partial charge >= 0.3 is 0 Å². The van der Waals surface area contributed by atoms with Crippen LogP contribution in [0, 0.1) is 0 Å². The fourth-order valence-corrected chi connectivity index (χ4v) is 2.60. The summed E-state index contributed by atoms with van der Waals surface area (Å²) < 4.78 is 7.11. The summed E-state index contributed by atoms with van der Waals surface area (Å²) in [6.07, 6.45) is 5.17.